The Morgan fingerprint density at radius 1 is 1.27 bits per heavy atom. The van der Waals surface area contributed by atoms with Crippen LogP contribution in [-0.4, -0.2) is 52.8 Å². The van der Waals surface area contributed by atoms with Crippen LogP contribution in [0, 0.1) is 0 Å². The van der Waals surface area contributed by atoms with E-state index >= 15 is 0 Å². The SMILES string of the molecule is CCCCCCN1CCC(NC(=O)OC(C)(C)C)(C(=O)O)C1. The summed E-state index contributed by atoms with van der Waals surface area (Å²) in [7, 11) is 0. The molecule has 1 amide bonds. The highest BCUT2D eigenvalue weighted by molar-refractivity contribution is 5.85. The Kier molecular flexibility index (Phi) is 6.66. The Balaban J connectivity index is 2.55. The highest BCUT2D eigenvalue weighted by Gasteiger charge is 2.46. The minimum atomic E-state index is -1.23. The molecule has 0 radical (unpaired) electrons. The molecule has 1 heterocycles. The van der Waals surface area contributed by atoms with E-state index < -0.39 is 23.2 Å². The van der Waals surface area contributed by atoms with Gasteiger partial charge in [0.25, 0.3) is 0 Å². The van der Waals surface area contributed by atoms with Gasteiger partial charge in [-0.15, -0.1) is 0 Å². The first-order chi connectivity index (χ1) is 10.2. The predicted molar refractivity (Wildman–Crippen MR) is 84.9 cm³/mol. The summed E-state index contributed by atoms with van der Waals surface area (Å²) < 4.78 is 5.19. The van der Waals surface area contributed by atoms with E-state index in [2.05, 4.69) is 17.1 Å². The maximum atomic E-state index is 11.9. The van der Waals surface area contributed by atoms with E-state index in [1.807, 2.05) is 0 Å². The van der Waals surface area contributed by atoms with Crippen molar-refractivity contribution in [3.05, 3.63) is 0 Å². The number of carbonyl (C=O) groups is 2. The number of nitrogens with one attached hydrogen (secondary N) is 1. The molecule has 1 atom stereocenters. The number of hydrogen-bond acceptors (Lipinski definition) is 4. The largest absolute Gasteiger partial charge is 0.479 e. The van der Waals surface area contributed by atoms with Crippen molar-refractivity contribution in [2.45, 2.75) is 70.9 Å². The van der Waals surface area contributed by atoms with Gasteiger partial charge in [-0.3, -0.25) is 0 Å². The van der Waals surface area contributed by atoms with Crippen molar-refractivity contribution in [3.63, 3.8) is 0 Å². The molecule has 0 spiro atoms. The average molecular weight is 314 g/mol. The number of ether oxygens (including phenoxy) is 1. The quantitative estimate of drug-likeness (QED) is 0.706. The minimum absolute atomic E-state index is 0.341. The zero-order valence-corrected chi connectivity index (χ0v) is 14.3. The van der Waals surface area contributed by atoms with Crippen molar-refractivity contribution in [1.82, 2.24) is 10.2 Å². The number of amides is 1. The molecule has 0 saturated carbocycles. The average Bonchev–Trinajstić information content (AvgIpc) is 2.77. The van der Waals surface area contributed by atoms with Crippen molar-refractivity contribution >= 4 is 12.1 Å². The van der Waals surface area contributed by atoms with E-state index in [4.69, 9.17) is 4.74 Å². The third-order valence-corrected chi connectivity index (χ3v) is 3.83. The van der Waals surface area contributed by atoms with Crippen LogP contribution in [0.2, 0.25) is 0 Å². The molecule has 0 bridgehead atoms. The first-order valence-electron chi connectivity index (χ1n) is 8.15. The van der Waals surface area contributed by atoms with Gasteiger partial charge in [0.2, 0.25) is 0 Å². The van der Waals surface area contributed by atoms with Crippen molar-refractivity contribution in [1.29, 1.82) is 0 Å². The fourth-order valence-electron chi connectivity index (χ4n) is 2.67. The molecule has 1 aliphatic rings. The first-order valence-corrected chi connectivity index (χ1v) is 8.15. The van der Waals surface area contributed by atoms with Crippen molar-refractivity contribution in [2.75, 3.05) is 19.6 Å². The van der Waals surface area contributed by atoms with Gasteiger partial charge >= 0.3 is 12.1 Å². The number of aliphatic carboxylic acids is 1. The molecule has 1 rings (SSSR count). The lowest BCUT2D eigenvalue weighted by Crippen LogP contribution is -2.57. The molecule has 0 aliphatic carbocycles. The van der Waals surface area contributed by atoms with Crippen LogP contribution in [0.3, 0.4) is 0 Å². The molecular weight excluding hydrogens is 284 g/mol. The summed E-state index contributed by atoms with van der Waals surface area (Å²) in [6.45, 7) is 9.35. The van der Waals surface area contributed by atoms with E-state index in [1.165, 1.54) is 12.8 Å². The van der Waals surface area contributed by atoms with Crippen molar-refractivity contribution in [2.24, 2.45) is 0 Å². The number of nitrogens with zero attached hydrogens (tertiary/aromatic N) is 1. The van der Waals surface area contributed by atoms with Crippen LogP contribution in [0.15, 0.2) is 0 Å². The van der Waals surface area contributed by atoms with E-state index in [0.29, 0.717) is 19.5 Å². The molecule has 1 unspecified atom stereocenters. The van der Waals surface area contributed by atoms with Crippen LogP contribution in [0.1, 0.15) is 59.8 Å². The topological polar surface area (TPSA) is 78.9 Å². The molecule has 0 aromatic rings. The molecule has 22 heavy (non-hydrogen) atoms. The summed E-state index contributed by atoms with van der Waals surface area (Å²) in [4.78, 5) is 25.7. The van der Waals surface area contributed by atoms with Gasteiger partial charge in [-0.2, -0.15) is 0 Å². The summed E-state index contributed by atoms with van der Waals surface area (Å²) >= 11 is 0. The molecule has 2 N–H and O–H groups in total. The second-order valence-electron chi connectivity index (χ2n) is 7.10. The van der Waals surface area contributed by atoms with Gasteiger partial charge in [0.1, 0.15) is 5.60 Å². The molecule has 0 aromatic carbocycles. The van der Waals surface area contributed by atoms with Gasteiger partial charge in [-0.25, -0.2) is 9.59 Å². The second-order valence-corrected chi connectivity index (χ2v) is 7.10. The molecular formula is C16H30N2O4. The molecule has 0 aromatic heterocycles. The molecule has 1 aliphatic heterocycles. The van der Waals surface area contributed by atoms with Gasteiger partial charge in [0.05, 0.1) is 0 Å². The summed E-state index contributed by atoms with van der Waals surface area (Å²) in [6, 6.07) is 0. The maximum absolute atomic E-state index is 11.9. The minimum Gasteiger partial charge on any atom is -0.479 e. The van der Waals surface area contributed by atoms with Crippen LogP contribution in [-0.2, 0) is 9.53 Å². The van der Waals surface area contributed by atoms with Gasteiger partial charge in [0, 0.05) is 13.1 Å². The second kappa shape index (κ2) is 7.81. The highest BCUT2D eigenvalue weighted by atomic mass is 16.6. The third-order valence-electron chi connectivity index (χ3n) is 3.83. The summed E-state index contributed by atoms with van der Waals surface area (Å²) in [5, 5.41) is 12.1. The van der Waals surface area contributed by atoms with E-state index in [-0.39, 0.29) is 0 Å². The molecule has 6 heteroatoms. The Morgan fingerprint density at radius 2 is 1.95 bits per heavy atom. The monoisotopic (exact) mass is 314 g/mol. The molecule has 1 fully saturated rings. The lowest BCUT2D eigenvalue weighted by molar-refractivity contribution is -0.144. The fourth-order valence-corrected chi connectivity index (χ4v) is 2.67. The van der Waals surface area contributed by atoms with Crippen LogP contribution in [0.5, 0.6) is 0 Å². The van der Waals surface area contributed by atoms with E-state index in [0.717, 1.165) is 19.4 Å². The number of carboxylic acid groups (broad SMARTS) is 1. The van der Waals surface area contributed by atoms with Gasteiger partial charge < -0.3 is 20.1 Å². The Hall–Kier alpha value is -1.30. The van der Waals surface area contributed by atoms with Gasteiger partial charge in [0.15, 0.2) is 5.54 Å². The lowest BCUT2D eigenvalue weighted by Gasteiger charge is -2.28. The zero-order chi connectivity index (χ0) is 16.8. The lowest BCUT2D eigenvalue weighted by atomic mass is 9.99. The summed E-state index contributed by atoms with van der Waals surface area (Å²) in [5.74, 6) is -0.991. The predicted octanol–water partition coefficient (Wildman–Crippen LogP) is 2.62. The van der Waals surface area contributed by atoms with Crippen LogP contribution in [0.4, 0.5) is 4.79 Å². The van der Waals surface area contributed by atoms with Crippen LogP contribution < -0.4 is 5.32 Å². The number of carbonyl (C=O) groups excluding carboxylic acids is 1. The van der Waals surface area contributed by atoms with Crippen LogP contribution >= 0.6 is 0 Å². The molecule has 128 valence electrons. The maximum Gasteiger partial charge on any atom is 0.408 e. The number of hydrogen-bond donors (Lipinski definition) is 2. The fraction of sp³-hybridized carbons (Fsp3) is 0.875. The van der Waals surface area contributed by atoms with Gasteiger partial charge in [-0.1, -0.05) is 26.2 Å². The number of rotatable bonds is 7. The van der Waals surface area contributed by atoms with E-state index in [9.17, 15) is 14.7 Å². The Bertz CT molecular complexity index is 392. The first kappa shape index (κ1) is 18.7. The zero-order valence-electron chi connectivity index (χ0n) is 14.3. The van der Waals surface area contributed by atoms with Crippen molar-refractivity contribution in [3.8, 4) is 0 Å². The number of carboxylic acids is 1. The third kappa shape index (κ3) is 5.83. The Labute approximate surface area is 133 Å². The summed E-state index contributed by atoms with van der Waals surface area (Å²) in [6.07, 6.45) is 4.35. The number of alkyl carbamates (subject to hydrolysis) is 1. The van der Waals surface area contributed by atoms with Crippen LogP contribution in [0.25, 0.3) is 0 Å². The summed E-state index contributed by atoms with van der Waals surface area (Å²) in [5.41, 5.74) is -1.87. The number of unbranched alkanes of at least 4 members (excludes halogenated alkanes) is 3. The van der Waals surface area contributed by atoms with E-state index in [1.54, 1.807) is 20.8 Å². The smallest absolute Gasteiger partial charge is 0.408 e. The highest BCUT2D eigenvalue weighted by Crippen LogP contribution is 2.23. The number of likely N-dealkylation sites (tertiary alicyclic amines) is 1. The Morgan fingerprint density at radius 3 is 2.50 bits per heavy atom. The van der Waals surface area contributed by atoms with Gasteiger partial charge in [-0.05, 0) is 40.2 Å². The van der Waals surface area contributed by atoms with Crippen molar-refractivity contribution < 1.29 is 19.4 Å². The molecule has 6 nitrogen and oxygen atoms in total. The standard InChI is InChI=1S/C16H30N2O4/c1-5-6-7-8-10-18-11-9-16(12-18,13(19)20)17-14(21)22-15(2,3)4/h5-12H2,1-4H3,(H,17,21)(H,19,20). The normalized spacial score (nSPS) is 22.5. The molecule has 1 saturated heterocycles.